The Balaban J connectivity index is 1.88. The second kappa shape index (κ2) is 5.04. The maximum atomic E-state index is 12.7. The third-order valence-corrected chi connectivity index (χ3v) is 5.53. The maximum Gasteiger partial charge on any atom is 0.246 e. The lowest BCUT2D eigenvalue weighted by atomic mass is 10.0. The first-order valence-electron chi connectivity index (χ1n) is 6.87. The number of amides is 2. The molecule has 1 saturated carbocycles. The summed E-state index contributed by atoms with van der Waals surface area (Å²) in [5.41, 5.74) is 0. The minimum atomic E-state index is -0.437. The van der Waals surface area contributed by atoms with E-state index in [-0.39, 0.29) is 23.9 Å². The molecule has 2 amide bonds. The molecule has 3 rings (SSSR count). The van der Waals surface area contributed by atoms with E-state index in [9.17, 15) is 9.59 Å². The summed E-state index contributed by atoms with van der Waals surface area (Å²) in [4.78, 5) is 27.5. The number of hydrogen-bond acceptors (Lipinski definition) is 3. The molecule has 1 aliphatic carbocycles. The SMILES string of the molecule is CC1C(=O)NC(C2CC2)C(=O)N1C(C)c1ccc(Cl)s1. The van der Waals surface area contributed by atoms with Crippen LogP contribution in [0.25, 0.3) is 0 Å². The molecule has 0 spiro atoms. The summed E-state index contributed by atoms with van der Waals surface area (Å²) >= 11 is 7.43. The Morgan fingerprint density at radius 1 is 1.40 bits per heavy atom. The summed E-state index contributed by atoms with van der Waals surface area (Å²) in [5.74, 6) is 0.299. The average Bonchev–Trinajstić information content (AvgIpc) is 3.15. The first-order valence-corrected chi connectivity index (χ1v) is 8.06. The lowest BCUT2D eigenvalue weighted by Crippen LogP contribution is -2.63. The molecular formula is C14H17ClN2O2S. The van der Waals surface area contributed by atoms with Gasteiger partial charge in [0, 0.05) is 4.88 Å². The number of piperazine rings is 1. The molecule has 3 atom stereocenters. The van der Waals surface area contributed by atoms with E-state index < -0.39 is 6.04 Å². The lowest BCUT2D eigenvalue weighted by molar-refractivity contribution is -0.151. The zero-order valence-corrected chi connectivity index (χ0v) is 13.0. The van der Waals surface area contributed by atoms with E-state index >= 15 is 0 Å². The van der Waals surface area contributed by atoms with E-state index in [1.54, 1.807) is 11.8 Å². The van der Waals surface area contributed by atoms with Gasteiger partial charge in [0.2, 0.25) is 11.8 Å². The third-order valence-electron chi connectivity index (χ3n) is 4.13. The monoisotopic (exact) mass is 312 g/mol. The van der Waals surface area contributed by atoms with Crippen LogP contribution in [0, 0.1) is 5.92 Å². The molecule has 20 heavy (non-hydrogen) atoms. The zero-order chi connectivity index (χ0) is 14.4. The van der Waals surface area contributed by atoms with Crippen LogP contribution in [0.4, 0.5) is 0 Å². The van der Waals surface area contributed by atoms with Crippen molar-refractivity contribution in [3.05, 3.63) is 21.3 Å². The fraction of sp³-hybridized carbons (Fsp3) is 0.571. The van der Waals surface area contributed by atoms with Crippen molar-refractivity contribution in [1.29, 1.82) is 0 Å². The number of carbonyl (C=O) groups is 2. The molecule has 108 valence electrons. The molecule has 1 saturated heterocycles. The van der Waals surface area contributed by atoms with E-state index in [0.717, 1.165) is 17.7 Å². The lowest BCUT2D eigenvalue weighted by Gasteiger charge is -2.40. The Kier molecular flexibility index (Phi) is 3.50. The fourth-order valence-corrected chi connectivity index (χ4v) is 3.89. The molecular weight excluding hydrogens is 296 g/mol. The number of hydrogen-bond donors (Lipinski definition) is 1. The Labute approximate surface area is 127 Å². The van der Waals surface area contributed by atoms with Gasteiger partial charge in [-0.15, -0.1) is 11.3 Å². The Hall–Kier alpha value is -1.07. The van der Waals surface area contributed by atoms with Gasteiger partial charge in [-0.05, 0) is 44.7 Å². The number of rotatable bonds is 3. The minimum Gasteiger partial charge on any atom is -0.342 e. The van der Waals surface area contributed by atoms with Crippen LogP contribution in [0.3, 0.4) is 0 Å². The van der Waals surface area contributed by atoms with Crippen molar-refractivity contribution in [1.82, 2.24) is 10.2 Å². The van der Waals surface area contributed by atoms with Crippen LogP contribution in [0.5, 0.6) is 0 Å². The Morgan fingerprint density at radius 2 is 2.10 bits per heavy atom. The van der Waals surface area contributed by atoms with Crippen molar-refractivity contribution in [3.63, 3.8) is 0 Å². The molecule has 1 aromatic heterocycles. The van der Waals surface area contributed by atoms with Crippen molar-refractivity contribution >= 4 is 34.8 Å². The van der Waals surface area contributed by atoms with Gasteiger partial charge < -0.3 is 10.2 Å². The largest absolute Gasteiger partial charge is 0.342 e. The number of nitrogens with one attached hydrogen (secondary N) is 1. The van der Waals surface area contributed by atoms with E-state index in [1.807, 2.05) is 19.1 Å². The van der Waals surface area contributed by atoms with Gasteiger partial charge >= 0.3 is 0 Å². The predicted molar refractivity (Wildman–Crippen MR) is 78.7 cm³/mol. The summed E-state index contributed by atoms with van der Waals surface area (Å²) in [7, 11) is 0. The summed E-state index contributed by atoms with van der Waals surface area (Å²) < 4.78 is 0.701. The molecule has 2 heterocycles. The van der Waals surface area contributed by atoms with E-state index in [2.05, 4.69) is 5.32 Å². The molecule has 0 aromatic carbocycles. The van der Waals surface area contributed by atoms with Gasteiger partial charge in [-0.25, -0.2) is 0 Å². The van der Waals surface area contributed by atoms with Crippen LogP contribution in [0.2, 0.25) is 4.34 Å². The van der Waals surface area contributed by atoms with Crippen LogP contribution in [0.15, 0.2) is 12.1 Å². The third kappa shape index (κ3) is 2.33. The van der Waals surface area contributed by atoms with Crippen LogP contribution < -0.4 is 5.32 Å². The molecule has 1 aliphatic heterocycles. The summed E-state index contributed by atoms with van der Waals surface area (Å²) in [6.07, 6.45) is 2.05. The molecule has 1 aromatic rings. The van der Waals surface area contributed by atoms with E-state index in [4.69, 9.17) is 11.6 Å². The van der Waals surface area contributed by atoms with Crippen molar-refractivity contribution in [3.8, 4) is 0 Å². The highest BCUT2D eigenvalue weighted by Gasteiger charge is 2.47. The number of nitrogens with zero attached hydrogens (tertiary/aromatic N) is 1. The van der Waals surface area contributed by atoms with Gasteiger partial charge in [0.25, 0.3) is 0 Å². The average molecular weight is 313 g/mol. The van der Waals surface area contributed by atoms with E-state index in [0.29, 0.717) is 10.3 Å². The predicted octanol–water partition coefficient (Wildman–Crippen LogP) is 2.59. The van der Waals surface area contributed by atoms with Crippen LogP contribution in [-0.4, -0.2) is 28.8 Å². The topological polar surface area (TPSA) is 49.4 Å². The van der Waals surface area contributed by atoms with Crippen LogP contribution in [-0.2, 0) is 9.59 Å². The fourth-order valence-electron chi connectivity index (χ4n) is 2.78. The number of carbonyl (C=O) groups excluding carboxylic acids is 2. The van der Waals surface area contributed by atoms with Gasteiger partial charge in [0.05, 0.1) is 10.4 Å². The first kappa shape index (κ1) is 13.9. The van der Waals surface area contributed by atoms with Gasteiger partial charge in [-0.3, -0.25) is 9.59 Å². The maximum absolute atomic E-state index is 12.7. The first-order chi connectivity index (χ1) is 9.49. The molecule has 0 radical (unpaired) electrons. The van der Waals surface area contributed by atoms with Gasteiger partial charge in [0.15, 0.2) is 0 Å². The van der Waals surface area contributed by atoms with Crippen molar-refractivity contribution in [2.45, 2.75) is 44.8 Å². The minimum absolute atomic E-state index is 0.0385. The molecule has 2 fully saturated rings. The smallest absolute Gasteiger partial charge is 0.246 e. The summed E-state index contributed by atoms with van der Waals surface area (Å²) in [6.45, 7) is 3.74. The second-order valence-corrected chi connectivity index (χ2v) is 7.31. The Morgan fingerprint density at radius 3 is 2.65 bits per heavy atom. The molecule has 6 heteroatoms. The van der Waals surface area contributed by atoms with Crippen LogP contribution >= 0.6 is 22.9 Å². The summed E-state index contributed by atoms with van der Waals surface area (Å²) in [6, 6.07) is 2.86. The van der Waals surface area contributed by atoms with E-state index in [1.165, 1.54) is 11.3 Å². The molecule has 2 aliphatic rings. The zero-order valence-electron chi connectivity index (χ0n) is 11.4. The molecule has 3 unspecified atom stereocenters. The van der Waals surface area contributed by atoms with Crippen LogP contribution in [0.1, 0.15) is 37.6 Å². The molecule has 4 nitrogen and oxygen atoms in total. The van der Waals surface area contributed by atoms with Crippen molar-refractivity contribution in [2.24, 2.45) is 5.92 Å². The number of halogens is 1. The van der Waals surface area contributed by atoms with Crippen molar-refractivity contribution < 1.29 is 9.59 Å². The van der Waals surface area contributed by atoms with Crippen molar-refractivity contribution in [2.75, 3.05) is 0 Å². The highest BCUT2D eigenvalue weighted by Crippen LogP contribution is 2.38. The highest BCUT2D eigenvalue weighted by molar-refractivity contribution is 7.16. The second-order valence-electron chi connectivity index (χ2n) is 5.56. The highest BCUT2D eigenvalue weighted by atomic mass is 35.5. The normalized spacial score (nSPS) is 28.4. The van der Waals surface area contributed by atoms with Gasteiger partial charge in [0.1, 0.15) is 12.1 Å². The summed E-state index contributed by atoms with van der Waals surface area (Å²) in [5, 5.41) is 2.87. The quantitative estimate of drug-likeness (QED) is 0.932. The number of thiophene rings is 1. The molecule has 0 bridgehead atoms. The van der Waals surface area contributed by atoms with Gasteiger partial charge in [-0.2, -0.15) is 0 Å². The standard InChI is InChI=1S/C14H17ClN2O2S/c1-7(10-5-6-11(15)20-10)17-8(2)13(18)16-12(14(17)19)9-3-4-9/h5-9,12H,3-4H2,1-2H3,(H,16,18). The van der Waals surface area contributed by atoms with Gasteiger partial charge in [-0.1, -0.05) is 11.6 Å². The Bertz CT molecular complexity index is 555. The molecule has 1 N–H and O–H groups in total.